The van der Waals surface area contributed by atoms with Gasteiger partial charge in [0.2, 0.25) is 0 Å². The summed E-state index contributed by atoms with van der Waals surface area (Å²) >= 11 is 6.20. The summed E-state index contributed by atoms with van der Waals surface area (Å²) in [5, 5.41) is 21.7. The van der Waals surface area contributed by atoms with E-state index in [1.54, 1.807) is 31.4 Å². The van der Waals surface area contributed by atoms with Gasteiger partial charge in [0.1, 0.15) is 23.4 Å². The molecule has 1 saturated carbocycles. The number of hydrogen-bond donors (Lipinski definition) is 1. The highest BCUT2D eigenvalue weighted by atomic mass is 35.5. The van der Waals surface area contributed by atoms with Gasteiger partial charge in [-0.1, -0.05) is 17.7 Å². The van der Waals surface area contributed by atoms with E-state index in [-0.39, 0.29) is 34.5 Å². The quantitative estimate of drug-likeness (QED) is 0.593. The number of amides is 1. The molecule has 0 saturated heterocycles. The zero-order valence-electron chi connectivity index (χ0n) is 17.5. The summed E-state index contributed by atoms with van der Waals surface area (Å²) in [6.07, 6.45) is 3.32. The van der Waals surface area contributed by atoms with E-state index in [4.69, 9.17) is 22.1 Å². The highest BCUT2D eigenvalue weighted by Crippen LogP contribution is 2.43. The highest BCUT2D eigenvalue weighted by molar-refractivity contribution is 6.31. The number of carbonyl (C=O) groups excluding carboxylic acids is 1. The van der Waals surface area contributed by atoms with Crippen molar-refractivity contribution >= 4 is 17.5 Å². The zero-order chi connectivity index (χ0) is 23.3. The first-order valence-corrected chi connectivity index (χ1v) is 10.7. The van der Waals surface area contributed by atoms with Crippen molar-refractivity contribution in [1.29, 1.82) is 5.26 Å². The Bertz CT molecular complexity index is 1370. The van der Waals surface area contributed by atoms with Crippen molar-refractivity contribution in [2.24, 2.45) is 23.0 Å². The lowest BCUT2D eigenvalue weighted by Crippen LogP contribution is -2.17. The molecule has 2 aliphatic rings. The van der Waals surface area contributed by atoms with Gasteiger partial charge in [0, 0.05) is 30.8 Å². The molecule has 1 aromatic heterocycles. The molecule has 1 unspecified atom stereocenters. The van der Waals surface area contributed by atoms with Crippen LogP contribution in [0, 0.1) is 17.1 Å². The van der Waals surface area contributed by atoms with Crippen molar-refractivity contribution in [3.05, 3.63) is 58.0 Å². The number of ether oxygens (including phenoxy) is 1. The minimum Gasteiger partial charge on any atom is -0.489 e. The number of halogens is 2. The average Bonchev–Trinajstić information content (AvgIpc) is 3.55. The monoisotopic (exact) mass is 464 g/mol. The largest absolute Gasteiger partial charge is 0.489 e. The van der Waals surface area contributed by atoms with Crippen LogP contribution in [-0.4, -0.2) is 28.3 Å². The van der Waals surface area contributed by atoms with Crippen LogP contribution in [0.3, 0.4) is 0 Å². The Morgan fingerprint density at radius 3 is 2.82 bits per heavy atom. The van der Waals surface area contributed by atoms with Gasteiger partial charge < -0.3 is 10.5 Å². The molecule has 2 heterocycles. The van der Waals surface area contributed by atoms with E-state index in [1.807, 2.05) is 0 Å². The summed E-state index contributed by atoms with van der Waals surface area (Å²) in [6, 6.07) is 8.10. The third kappa shape index (κ3) is 3.57. The predicted octanol–water partition coefficient (Wildman–Crippen LogP) is 4.57. The van der Waals surface area contributed by atoms with E-state index in [1.165, 1.54) is 10.7 Å². The number of nitriles is 1. The Hall–Kier alpha value is -3.61. The van der Waals surface area contributed by atoms with Crippen LogP contribution in [0.2, 0.25) is 5.02 Å². The molecule has 8 nitrogen and oxygen atoms in total. The van der Waals surface area contributed by atoms with E-state index >= 15 is 4.39 Å². The number of rotatable bonds is 5. The summed E-state index contributed by atoms with van der Waals surface area (Å²) in [4.78, 5) is 12.2. The smallest absolute Gasteiger partial charge is 0.295 e. The van der Waals surface area contributed by atoms with Crippen molar-refractivity contribution in [2.75, 3.05) is 6.54 Å². The second kappa shape index (κ2) is 8.06. The number of carbonyl (C=O) groups is 1. The summed E-state index contributed by atoms with van der Waals surface area (Å²) < 4.78 is 22.7. The number of aromatic nitrogens is 2. The molecule has 2 N–H and O–H groups in total. The number of hydrogen-bond acceptors (Lipinski definition) is 6. The van der Waals surface area contributed by atoms with Crippen molar-refractivity contribution < 1.29 is 13.9 Å². The van der Waals surface area contributed by atoms with E-state index in [9.17, 15) is 10.1 Å². The molecule has 5 rings (SSSR count). The molecule has 0 radical (unpaired) electrons. The number of fused-ring (bicyclic) bond motifs is 1. The fraction of sp³-hybridized carbons (Fsp3) is 0.261. The van der Waals surface area contributed by atoms with E-state index < -0.39 is 17.8 Å². The first-order chi connectivity index (χ1) is 15.9. The maximum absolute atomic E-state index is 15.4. The molecule has 2 aromatic carbocycles. The van der Waals surface area contributed by atoms with Crippen LogP contribution in [0.4, 0.5) is 4.39 Å². The van der Waals surface area contributed by atoms with Crippen molar-refractivity contribution in [3.8, 4) is 34.2 Å². The Kier molecular flexibility index (Phi) is 5.19. The molecule has 1 atom stereocenters. The molecule has 0 bridgehead atoms. The molecule has 33 heavy (non-hydrogen) atoms. The molecule has 1 aliphatic carbocycles. The Balaban J connectivity index is 1.71. The van der Waals surface area contributed by atoms with Crippen LogP contribution in [0.25, 0.3) is 22.4 Å². The third-order valence-corrected chi connectivity index (χ3v) is 6.03. The van der Waals surface area contributed by atoms with E-state index in [2.05, 4.69) is 21.4 Å². The van der Waals surface area contributed by atoms with Gasteiger partial charge >= 0.3 is 0 Å². The minimum atomic E-state index is -0.733. The molecule has 1 fully saturated rings. The summed E-state index contributed by atoms with van der Waals surface area (Å²) in [6.45, 7) is 0.177. The van der Waals surface area contributed by atoms with Gasteiger partial charge in [-0.2, -0.15) is 15.5 Å². The number of azo groups is 1. The van der Waals surface area contributed by atoms with E-state index in [0.717, 1.165) is 12.8 Å². The number of nitrogens with zero attached hydrogens (tertiary/aromatic N) is 5. The van der Waals surface area contributed by atoms with Crippen molar-refractivity contribution in [3.63, 3.8) is 0 Å². The molecule has 0 spiro atoms. The SMILES string of the molecule is Cn1ncc(-c2ccc3c(c2)C(CN)N=NC3=O)c1-c1c(F)c(Cl)cc(OC2CC2)c1C#N. The topological polar surface area (TPSA) is 119 Å². The highest BCUT2D eigenvalue weighted by Gasteiger charge is 2.30. The summed E-state index contributed by atoms with van der Waals surface area (Å²) in [5.41, 5.74) is 8.51. The summed E-state index contributed by atoms with van der Waals surface area (Å²) in [7, 11) is 1.65. The Labute approximate surface area is 193 Å². The maximum Gasteiger partial charge on any atom is 0.295 e. The van der Waals surface area contributed by atoms with Crippen LogP contribution in [0.5, 0.6) is 5.75 Å². The van der Waals surface area contributed by atoms with Crippen molar-refractivity contribution in [2.45, 2.75) is 25.0 Å². The first-order valence-electron chi connectivity index (χ1n) is 10.3. The Morgan fingerprint density at radius 2 is 2.12 bits per heavy atom. The van der Waals surface area contributed by atoms with Gasteiger partial charge in [0.25, 0.3) is 5.91 Å². The number of benzene rings is 2. The molecule has 166 valence electrons. The van der Waals surface area contributed by atoms with Crippen LogP contribution in [-0.2, 0) is 7.05 Å². The van der Waals surface area contributed by atoms with Crippen molar-refractivity contribution in [1.82, 2.24) is 9.78 Å². The minimum absolute atomic E-state index is 0.00183. The van der Waals surface area contributed by atoms with E-state index in [0.29, 0.717) is 27.9 Å². The fourth-order valence-electron chi connectivity index (χ4n) is 3.95. The lowest BCUT2D eigenvalue weighted by Gasteiger charge is -2.18. The first kappa shape index (κ1) is 21.2. The van der Waals surface area contributed by atoms with Gasteiger partial charge in [-0.3, -0.25) is 9.48 Å². The predicted molar refractivity (Wildman–Crippen MR) is 118 cm³/mol. The zero-order valence-corrected chi connectivity index (χ0v) is 18.3. The molecular formula is C23H18ClFN6O2. The standard InChI is InChI=1S/C23H18ClFN6O2/c1-31-22(20-15(8-26)19(33-12-3-4-12)7-17(24)21(20)25)16(10-28-31)11-2-5-13-14(6-11)18(9-27)29-30-23(13)32/h2,5-7,10,12,18H,3-4,9,27H2,1H3. The number of nitrogens with two attached hydrogens (primary N) is 1. The van der Waals surface area contributed by atoms with Gasteiger partial charge in [0.05, 0.1) is 28.6 Å². The lowest BCUT2D eigenvalue weighted by atomic mass is 9.92. The maximum atomic E-state index is 15.4. The van der Waals surface area contributed by atoms with Gasteiger partial charge in [-0.25, -0.2) is 4.39 Å². The summed E-state index contributed by atoms with van der Waals surface area (Å²) in [5.74, 6) is -0.932. The number of aryl methyl sites for hydroxylation is 1. The van der Waals surface area contributed by atoms with Crippen LogP contribution in [0.15, 0.2) is 40.7 Å². The average molecular weight is 465 g/mol. The second-order valence-corrected chi connectivity index (χ2v) is 8.36. The molecular weight excluding hydrogens is 447 g/mol. The molecule has 3 aromatic rings. The lowest BCUT2D eigenvalue weighted by molar-refractivity contribution is 0.0985. The molecule has 1 aliphatic heterocycles. The van der Waals surface area contributed by atoms with Gasteiger partial charge in [-0.15, -0.1) is 5.11 Å². The molecule has 10 heteroatoms. The Morgan fingerprint density at radius 1 is 1.33 bits per heavy atom. The van der Waals surface area contributed by atoms with Crippen LogP contribution in [0.1, 0.15) is 40.4 Å². The van der Waals surface area contributed by atoms with Gasteiger partial charge in [-0.05, 0) is 36.1 Å². The normalized spacial score (nSPS) is 17.1. The third-order valence-electron chi connectivity index (χ3n) is 5.75. The second-order valence-electron chi connectivity index (χ2n) is 7.95. The fourth-order valence-corrected chi connectivity index (χ4v) is 4.15. The van der Waals surface area contributed by atoms with Crippen LogP contribution >= 0.6 is 11.6 Å². The van der Waals surface area contributed by atoms with Gasteiger partial charge in [0.15, 0.2) is 5.82 Å². The molecule has 1 amide bonds. The van der Waals surface area contributed by atoms with Crippen LogP contribution < -0.4 is 10.5 Å².